The fourth-order valence-electron chi connectivity index (χ4n) is 2.65. The lowest BCUT2D eigenvalue weighted by atomic mass is 9.94. The van der Waals surface area contributed by atoms with E-state index in [-0.39, 0.29) is 0 Å². The second-order valence-corrected chi connectivity index (χ2v) is 6.01. The maximum absolute atomic E-state index is 6.15. The van der Waals surface area contributed by atoms with Gasteiger partial charge in [-0.05, 0) is 50.0 Å². The molecule has 18 heavy (non-hydrogen) atoms. The van der Waals surface area contributed by atoms with E-state index in [4.69, 9.17) is 11.6 Å². The van der Waals surface area contributed by atoms with Gasteiger partial charge in [0.1, 0.15) is 0 Å². The molecule has 1 aliphatic rings. The summed E-state index contributed by atoms with van der Waals surface area (Å²) < 4.78 is 0. The molecule has 1 heterocycles. The molecule has 0 aliphatic carbocycles. The summed E-state index contributed by atoms with van der Waals surface area (Å²) in [5, 5.41) is 4.54. The Morgan fingerprint density at radius 3 is 2.89 bits per heavy atom. The molecule has 2 nitrogen and oxygen atoms in total. The fourth-order valence-corrected chi connectivity index (χ4v) is 2.86. The van der Waals surface area contributed by atoms with Gasteiger partial charge in [0.25, 0.3) is 0 Å². The van der Waals surface area contributed by atoms with Gasteiger partial charge in [-0.25, -0.2) is 0 Å². The van der Waals surface area contributed by atoms with Gasteiger partial charge >= 0.3 is 0 Å². The largest absolute Gasteiger partial charge is 0.310 e. The van der Waals surface area contributed by atoms with Gasteiger partial charge in [0.2, 0.25) is 0 Å². The van der Waals surface area contributed by atoms with Crippen LogP contribution in [0.25, 0.3) is 0 Å². The highest BCUT2D eigenvalue weighted by Gasteiger charge is 2.23. The molecular formula is C15H23ClN2. The summed E-state index contributed by atoms with van der Waals surface area (Å²) in [6, 6.07) is 6.95. The normalized spacial score (nSPS) is 25.3. The van der Waals surface area contributed by atoms with Crippen LogP contribution in [0.1, 0.15) is 24.5 Å². The molecule has 1 aliphatic heterocycles. The third-order valence-corrected chi connectivity index (χ3v) is 4.32. The summed E-state index contributed by atoms with van der Waals surface area (Å²) in [6.07, 6.45) is 1.23. The zero-order valence-electron chi connectivity index (χ0n) is 11.5. The Morgan fingerprint density at radius 1 is 1.44 bits per heavy atom. The smallest absolute Gasteiger partial charge is 0.0438 e. The topological polar surface area (TPSA) is 15.3 Å². The van der Waals surface area contributed by atoms with E-state index in [1.54, 1.807) is 0 Å². The van der Waals surface area contributed by atoms with Crippen LogP contribution >= 0.6 is 11.6 Å². The van der Waals surface area contributed by atoms with Crippen molar-refractivity contribution in [3.8, 4) is 0 Å². The maximum Gasteiger partial charge on any atom is 0.0438 e. The number of likely N-dealkylation sites (tertiary alicyclic amines) is 1. The molecule has 0 radical (unpaired) electrons. The first-order valence-electron chi connectivity index (χ1n) is 6.73. The number of benzene rings is 1. The van der Waals surface area contributed by atoms with Crippen LogP contribution in [0.3, 0.4) is 0 Å². The predicted molar refractivity (Wildman–Crippen MR) is 78.1 cm³/mol. The lowest BCUT2D eigenvalue weighted by Gasteiger charge is -2.35. The van der Waals surface area contributed by atoms with Gasteiger partial charge in [-0.3, -0.25) is 0 Å². The van der Waals surface area contributed by atoms with Gasteiger partial charge in [0, 0.05) is 24.2 Å². The van der Waals surface area contributed by atoms with Gasteiger partial charge < -0.3 is 10.2 Å². The lowest BCUT2D eigenvalue weighted by Crippen LogP contribution is -2.46. The first-order chi connectivity index (χ1) is 8.56. The highest BCUT2D eigenvalue weighted by molar-refractivity contribution is 6.31. The Morgan fingerprint density at radius 2 is 2.22 bits per heavy atom. The van der Waals surface area contributed by atoms with E-state index in [0.717, 1.165) is 17.1 Å². The molecule has 1 aromatic carbocycles. The van der Waals surface area contributed by atoms with Crippen molar-refractivity contribution in [3.63, 3.8) is 0 Å². The third kappa shape index (κ3) is 3.47. The summed E-state index contributed by atoms with van der Waals surface area (Å²) in [7, 11) is 2.20. The molecule has 0 amide bonds. The average Bonchev–Trinajstić information content (AvgIpc) is 2.32. The Labute approximate surface area is 115 Å². The molecule has 0 bridgehead atoms. The van der Waals surface area contributed by atoms with Crippen LogP contribution < -0.4 is 5.32 Å². The molecule has 1 saturated heterocycles. The van der Waals surface area contributed by atoms with Crippen LogP contribution in [0.5, 0.6) is 0 Å². The van der Waals surface area contributed by atoms with Crippen LogP contribution in [-0.2, 0) is 6.54 Å². The number of nitrogens with one attached hydrogen (secondary N) is 1. The highest BCUT2D eigenvalue weighted by Crippen LogP contribution is 2.19. The first-order valence-corrected chi connectivity index (χ1v) is 7.11. The van der Waals surface area contributed by atoms with E-state index < -0.39 is 0 Å². The van der Waals surface area contributed by atoms with Crippen molar-refractivity contribution in [2.75, 3.05) is 20.1 Å². The Balaban J connectivity index is 1.89. The van der Waals surface area contributed by atoms with E-state index in [1.807, 2.05) is 6.92 Å². The summed E-state index contributed by atoms with van der Waals surface area (Å²) in [5.74, 6) is 0.713. The first kappa shape index (κ1) is 13.9. The molecular weight excluding hydrogens is 244 g/mol. The maximum atomic E-state index is 6.15. The molecule has 1 fully saturated rings. The molecule has 0 saturated carbocycles. The zero-order valence-corrected chi connectivity index (χ0v) is 12.3. The number of piperidine rings is 1. The van der Waals surface area contributed by atoms with Crippen LogP contribution in [0, 0.1) is 12.8 Å². The highest BCUT2D eigenvalue weighted by atomic mass is 35.5. The number of halogens is 1. The minimum atomic E-state index is 0.626. The van der Waals surface area contributed by atoms with Gasteiger partial charge in [-0.1, -0.05) is 30.7 Å². The van der Waals surface area contributed by atoms with Crippen molar-refractivity contribution in [1.29, 1.82) is 0 Å². The minimum Gasteiger partial charge on any atom is -0.310 e. The summed E-state index contributed by atoms with van der Waals surface area (Å²) in [4.78, 5) is 2.41. The quantitative estimate of drug-likeness (QED) is 0.905. The van der Waals surface area contributed by atoms with Crippen molar-refractivity contribution in [2.45, 2.75) is 32.9 Å². The SMILES string of the molecule is Cc1ccc(CNC2CCN(C)CC2C)cc1Cl. The Kier molecular flexibility index (Phi) is 4.66. The van der Waals surface area contributed by atoms with Crippen molar-refractivity contribution in [2.24, 2.45) is 5.92 Å². The fraction of sp³-hybridized carbons (Fsp3) is 0.600. The summed E-state index contributed by atoms with van der Waals surface area (Å²) in [5.41, 5.74) is 2.42. The van der Waals surface area contributed by atoms with Crippen LogP contribution in [0.15, 0.2) is 18.2 Å². The van der Waals surface area contributed by atoms with Crippen LogP contribution in [0.2, 0.25) is 5.02 Å². The van der Waals surface area contributed by atoms with Crippen LogP contribution in [0.4, 0.5) is 0 Å². The van der Waals surface area contributed by atoms with E-state index in [1.165, 1.54) is 25.1 Å². The standard InChI is InChI=1S/C15H23ClN2/c1-11-4-5-13(8-14(11)16)9-17-15-6-7-18(3)10-12(15)2/h4-5,8,12,15,17H,6-7,9-10H2,1-3H3. The van der Waals surface area contributed by atoms with E-state index >= 15 is 0 Å². The second kappa shape index (κ2) is 6.05. The predicted octanol–water partition coefficient (Wildman–Crippen LogP) is 3.08. The molecule has 0 spiro atoms. The number of hydrogen-bond donors (Lipinski definition) is 1. The molecule has 1 aromatic rings. The number of hydrogen-bond acceptors (Lipinski definition) is 2. The van der Waals surface area contributed by atoms with E-state index in [9.17, 15) is 0 Å². The van der Waals surface area contributed by atoms with Gasteiger partial charge in [0.15, 0.2) is 0 Å². The number of nitrogens with zero attached hydrogens (tertiary/aromatic N) is 1. The van der Waals surface area contributed by atoms with Gasteiger partial charge in [-0.15, -0.1) is 0 Å². The molecule has 3 heteroatoms. The second-order valence-electron chi connectivity index (χ2n) is 5.60. The lowest BCUT2D eigenvalue weighted by molar-refractivity contribution is 0.174. The molecule has 0 aromatic heterocycles. The zero-order chi connectivity index (χ0) is 13.1. The van der Waals surface area contributed by atoms with Crippen molar-refractivity contribution >= 4 is 11.6 Å². The third-order valence-electron chi connectivity index (χ3n) is 3.91. The average molecular weight is 267 g/mol. The van der Waals surface area contributed by atoms with Crippen LogP contribution in [-0.4, -0.2) is 31.1 Å². The molecule has 2 unspecified atom stereocenters. The van der Waals surface area contributed by atoms with Gasteiger partial charge in [-0.2, -0.15) is 0 Å². The van der Waals surface area contributed by atoms with Crippen molar-refractivity contribution < 1.29 is 0 Å². The number of rotatable bonds is 3. The number of aryl methyl sites for hydroxylation is 1. The monoisotopic (exact) mass is 266 g/mol. The minimum absolute atomic E-state index is 0.626. The Hall–Kier alpha value is -0.570. The molecule has 2 rings (SSSR count). The van der Waals surface area contributed by atoms with Crippen molar-refractivity contribution in [3.05, 3.63) is 34.3 Å². The summed E-state index contributed by atoms with van der Waals surface area (Å²) >= 11 is 6.15. The van der Waals surface area contributed by atoms with Crippen molar-refractivity contribution in [1.82, 2.24) is 10.2 Å². The Bertz CT molecular complexity index is 405. The molecule has 1 N–H and O–H groups in total. The molecule has 2 atom stereocenters. The van der Waals surface area contributed by atoms with E-state index in [2.05, 4.69) is 42.4 Å². The van der Waals surface area contributed by atoms with E-state index in [0.29, 0.717) is 12.0 Å². The molecule has 100 valence electrons. The summed E-state index contributed by atoms with van der Waals surface area (Å²) in [6.45, 7) is 7.66. The van der Waals surface area contributed by atoms with Gasteiger partial charge in [0.05, 0.1) is 0 Å².